The number of hydrogen-bond donors (Lipinski definition) is 2. The van der Waals surface area contributed by atoms with Crippen LogP contribution in [-0.2, 0) is 11.2 Å². The Labute approximate surface area is 130 Å². The van der Waals surface area contributed by atoms with Crippen LogP contribution < -0.4 is 5.56 Å². The molecule has 0 saturated heterocycles. The molecule has 0 bridgehead atoms. The molecule has 1 aliphatic carbocycles. The van der Waals surface area contributed by atoms with Crippen LogP contribution in [0.3, 0.4) is 0 Å². The summed E-state index contributed by atoms with van der Waals surface area (Å²) in [5.41, 5.74) is 3.17. The van der Waals surface area contributed by atoms with Crippen LogP contribution in [0.2, 0.25) is 0 Å². The van der Waals surface area contributed by atoms with Crippen LogP contribution in [0.1, 0.15) is 46.4 Å². The molecule has 0 amide bonds. The van der Waals surface area contributed by atoms with Gasteiger partial charge in [-0.2, -0.15) is 0 Å². The largest absolute Gasteiger partial charge is 0.481 e. The van der Waals surface area contributed by atoms with E-state index in [9.17, 15) is 9.59 Å². The predicted octanol–water partition coefficient (Wildman–Crippen LogP) is 2.21. The number of rotatable bonds is 5. The van der Waals surface area contributed by atoms with Crippen molar-refractivity contribution >= 4 is 29.5 Å². The first-order chi connectivity index (χ1) is 10.5. The molecule has 2 aromatic heterocycles. The van der Waals surface area contributed by atoms with Crippen LogP contribution in [0.4, 0.5) is 0 Å². The molecule has 1 saturated carbocycles. The molecule has 6 nitrogen and oxygen atoms in total. The lowest BCUT2D eigenvalue weighted by molar-refractivity contribution is -0.136. The monoisotopic (exact) mass is 317 g/mol. The van der Waals surface area contributed by atoms with Crippen molar-refractivity contribution in [1.29, 1.82) is 0 Å². The summed E-state index contributed by atoms with van der Waals surface area (Å²) in [4.78, 5) is 35.0. The van der Waals surface area contributed by atoms with E-state index in [0.717, 1.165) is 10.6 Å². The van der Waals surface area contributed by atoms with Gasteiger partial charge in [-0.05, 0) is 31.9 Å². The molecule has 3 rings (SSSR count). The highest BCUT2D eigenvalue weighted by Crippen LogP contribution is 2.42. The number of thiazole rings is 1. The maximum Gasteiger partial charge on any atom is 0.308 e. The summed E-state index contributed by atoms with van der Waals surface area (Å²) in [7, 11) is 0. The number of H-pyrrole nitrogens is 1. The van der Waals surface area contributed by atoms with Crippen LogP contribution in [0, 0.1) is 6.92 Å². The van der Waals surface area contributed by atoms with Gasteiger partial charge in [0.25, 0.3) is 5.56 Å². The first kappa shape index (κ1) is 14.6. The molecule has 0 unspecified atom stereocenters. The third-order valence-corrected chi connectivity index (χ3v) is 4.36. The number of carboxylic acid groups (broad SMARTS) is 1. The number of carboxylic acids is 1. The van der Waals surface area contributed by atoms with E-state index in [2.05, 4.69) is 15.0 Å². The number of aromatic amines is 1. The summed E-state index contributed by atoms with van der Waals surface area (Å²) in [6.45, 7) is 1.65. The van der Waals surface area contributed by atoms with Gasteiger partial charge in [-0.1, -0.05) is 0 Å². The number of aryl methyl sites for hydroxylation is 1. The molecule has 0 radical (unpaired) electrons. The Hall–Kier alpha value is -2.28. The molecule has 1 fully saturated rings. The van der Waals surface area contributed by atoms with E-state index < -0.39 is 11.5 Å². The molecule has 7 heteroatoms. The van der Waals surface area contributed by atoms with Crippen LogP contribution in [0.5, 0.6) is 0 Å². The molecule has 2 aromatic rings. The predicted molar refractivity (Wildman–Crippen MR) is 84.0 cm³/mol. The van der Waals surface area contributed by atoms with E-state index in [-0.39, 0.29) is 12.0 Å². The van der Waals surface area contributed by atoms with Gasteiger partial charge in [0.05, 0.1) is 22.5 Å². The third-order valence-electron chi connectivity index (χ3n) is 3.55. The highest BCUT2D eigenvalue weighted by Gasteiger charge is 2.27. The molecular formula is C15H15N3O3S. The molecule has 0 spiro atoms. The molecule has 2 N–H and O–H groups in total. The minimum absolute atomic E-state index is 0.195. The van der Waals surface area contributed by atoms with Crippen LogP contribution in [-0.4, -0.2) is 26.0 Å². The van der Waals surface area contributed by atoms with Gasteiger partial charge in [-0.15, -0.1) is 11.3 Å². The fourth-order valence-corrected chi connectivity index (χ4v) is 3.04. The van der Waals surface area contributed by atoms with Crippen molar-refractivity contribution in [3.8, 4) is 0 Å². The van der Waals surface area contributed by atoms with Gasteiger partial charge < -0.3 is 10.1 Å². The van der Waals surface area contributed by atoms with E-state index in [1.165, 1.54) is 12.8 Å². The fourth-order valence-electron chi connectivity index (χ4n) is 2.28. The van der Waals surface area contributed by atoms with Gasteiger partial charge >= 0.3 is 5.97 Å². The van der Waals surface area contributed by atoms with Crippen molar-refractivity contribution in [1.82, 2.24) is 15.0 Å². The van der Waals surface area contributed by atoms with Crippen LogP contribution in [0.25, 0.3) is 12.2 Å². The maximum absolute atomic E-state index is 11.9. The average Bonchev–Trinajstić information content (AvgIpc) is 3.19. The SMILES string of the molecule is Cc1nc(/C=C/c2scnc2C2CC2)[nH]c(=O)c1CC(=O)O. The molecular weight excluding hydrogens is 302 g/mol. The first-order valence-electron chi connectivity index (χ1n) is 6.97. The summed E-state index contributed by atoms with van der Waals surface area (Å²) < 4.78 is 0. The van der Waals surface area contributed by atoms with Gasteiger partial charge in [0, 0.05) is 17.2 Å². The van der Waals surface area contributed by atoms with Crippen molar-refractivity contribution in [2.24, 2.45) is 0 Å². The number of nitrogens with zero attached hydrogens (tertiary/aromatic N) is 2. The summed E-state index contributed by atoms with van der Waals surface area (Å²) in [5.74, 6) is -0.0539. The van der Waals surface area contributed by atoms with Crippen molar-refractivity contribution in [3.05, 3.63) is 43.5 Å². The molecule has 2 heterocycles. The zero-order chi connectivity index (χ0) is 15.7. The second-order valence-corrected chi connectivity index (χ2v) is 6.18. The Morgan fingerprint density at radius 3 is 2.91 bits per heavy atom. The Balaban J connectivity index is 1.86. The van der Waals surface area contributed by atoms with Crippen molar-refractivity contribution in [2.75, 3.05) is 0 Å². The normalized spacial score (nSPS) is 14.6. The summed E-state index contributed by atoms with van der Waals surface area (Å²) >= 11 is 1.56. The highest BCUT2D eigenvalue weighted by atomic mass is 32.1. The van der Waals surface area contributed by atoms with E-state index in [1.807, 2.05) is 11.6 Å². The van der Waals surface area contributed by atoms with Gasteiger partial charge in [0.2, 0.25) is 0 Å². The molecule has 22 heavy (non-hydrogen) atoms. The third kappa shape index (κ3) is 3.14. The summed E-state index contributed by atoms with van der Waals surface area (Å²) in [6.07, 6.45) is 5.68. The molecule has 0 aliphatic heterocycles. The zero-order valence-corrected chi connectivity index (χ0v) is 12.8. The standard InChI is InChI=1S/C15H15N3O3S/c1-8-10(6-13(19)20)15(21)18-12(17-8)5-4-11-14(9-2-3-9)16-7-22-11/h4-5,7,9H,2-3,6H2,1H3,(H,19,20)(H,17,18,21)/b5-4+. The average molecular weight is 317 g/mol. The van der Waals surface area contributed by atoms with E-state index in [0.29, 0.717) is 17.4 Å². The van der Waals surface area contributed by atoms with E-state index in [4.69, 9.17) is 5.11 Å². The molecule has 1 aliphatic rings. The van der Waals surface area contributed by atoms with E-state index in [1.54, 1.807) is 24.3 Å². The smallest absolute Gasteiger partial charge is 0.308 e. The summed E-state index contributed by atoms with van der Waals surface area (Å²) in [6, 6.07) is 0. The van der Waals surface area contributed by atoms with Gasteiger partial charge in [-0.25, -0.2) is 9.97 Å². The minimum Gasteiger partial charge on any atom is -0.481 e. The lowest BCUT2D eigenvalue weighted by Gasteiger charge is -2.02. The van der Waals surface area contributed by atoms with Crippen LogP contribution in [0.15, 0.2) is 10.3 Å². The van der Waals surface area contributed by atoms with Gasteiger partial charge in [-0.3, -0.25) is 9.59 Å². The van der Waals surface area contributed by atoms with Gasteiger partial charge in [0.15, 0.2) is 0 Å². The Morgan fingerprint density at radius 2 is 2.27 bits per heavy atom. The highest BCUT2D eigenvalue weighted by molar-refractivity contribution is 7.10. The van der Waals surface area contributed by atoms with E-state index >= 15 is 0 Å². The lowest BCUT2D eigenvalue weighted by Crippen LogP contribution is -2.20. The molecule has 0 atom stereocenters. The Kier molecular flexibility index (Phi) is 3.89. The molecule has 0 aromatic carbocycles. The minimum atomic E-state index is -1.04. The van der Waals surface area contributed by atoms with Crippen molar-refractivity contribution in [2.45, 2.75) is 32.1 Å². The lowest BCUT2D eigenvalue weighted by atomic mass is 10.1. The first-order valence-corrected chi connectivity index (χ1v) is 7.85. The quantitative estimate of drug-likeness (QED) is 0.881. The Bertz CT molecular complexity index is 803. The maximum atomic E-state index is 11.9. The second kappa shape index (κ2) is 5.84. The zero-order valence-electron chi connectivity index (χ0n) is 12.0. The van der Waals surface area contributed by atoms with Crippen molar-refractivity contribution in [3.63, 3.8) is 0 Å². The summed E-state index contributed by atoms with van der Waals surface area (Å²) in [5, 5.41) is 8.80. The number of aliphatic carboxylic acids is 1. The Morgan fingerprint density at radius 1 is 1.50 bits per heavy atom. The fraction of sp³-hybridized carbons (Fsp3) is 0.333. The number of aromatic nitrogens is 3. The number of hydrogen-bond acceptors (Lipinski definition) is 5. The van der Waals surface area contributed by atoms with Gasteiger partial charge in [0.1, 0.15) is 5.82 Å². The topological polar surface area (TPSA) is 95.9 Å². The molecule has 114 valence electrons. The van der Waals surface area contributed by atoms with Crippen LogP contribution >= 0.6 is 11.3 Å². The second-order valence-electron chi connectivity index (χ2n) is 5.30. The number of carbonyl (C=O) groups is 1. The number of nitrogens with one attached hydrogen (secondary N) is 1. The van der Waals surface area contributed by atoms with Crippen molar-refractivity contribution < 1.29 is 9.90 Å².